The van der Waals surface area contributed by atoms with Crippen molar-refractivity contribution in [2.24, 2.45) is 0 Å². The van der Waals surface area contributed by atoms with Crippen LogP contribution in [0.2, 0.25) is 0 Å². The second-order valence-electron chi connectivity index (χ2n) is 6.25. The fourth-order valence-electron chi connectivity index (χ4n) is 3.21. The van der Waals surface area contributed by atoms with Gasteiger partial charge in [0.15, 0.2) is 0 Å². The zero-order valence-corrected chi connectivity index (χ0v) is 15.5. The number of nitrogens with zero attached hydrogens (tertiary/aromatic N) is 5. The topological polar surface area (TPSA) is 66.4 Å². The largest absolute Gasteiger partial charge is 0.378 e. The Kier molecular flexibility index (Phi) is 4.98. The highest BCUT2D eigenvalue weighted by molar-refractivity contribution is 9.10. The van der Waals surface area contributed by atoms with E-state index in [2.05, 4.69) is 46.0 Å². The highest BCUT2D eigenvalue weighted by Crippen LogP contribution is 2.22. The molecule has 4 rings (SSSR count). The molecule has 1 N–H and O–H groups in total. The molecule has 2 aliphatic heterocycles. The second kappa shape index (κ2) is 7.53. The van der Waals surface area contributed by atoms with Gasteiger partial charge in [-0.3, -0.25) is 0 Å². The SMILES string of the molecule is Brc1ccc(N2CCC(Nc3nccc(N4CCOCC4)n3)C2)nc1. The fourth-order valence-corrected chi connectivity index (χ4v) is 3.45. The zero-order chi connectivity index (χ0) is 17.1. The Morgan fingerprint density at radius 3 is 2.72 bits per heavy atom. The lowest BCUT2D eigenvalue weighted by molar-refractivity contribution is 0.122. The molecule has 2 aromatic rings. The summed E-state index contributed by atoms with van der Waals surface area (Å²) < 4.78 is 6.40. The van der Waals surface area contributed by atoms with Crippen LogP contribution in [0.1, 0.15) is 6.42 Å². The van der Waals surface area contributed by atoms with Gasteiger partial charge in [-0.1, -0.05) is 0 Å². The van der Waals surface area contributed by atoms with Crippen molar-refractivity contribution in [3.05, 3.63) is 35.1 Å². The molecule has 7 nitrogen and oxygen atoms in total. The summed E-state index contributed by atoms with van der Waals surface area (Å²) in [4.78, 5) is 18.1. The Labute approximate surface area is 155 Å². The summed E-state index contributed by atoms with van der Waals surface area (Å²) in [5.41, 5.74) is 0. The number of hydrogen-bond donors (Lipinski definition) is 1. The number of anilines is 3. The Bertz CT molecular complexity index is 707. The van der Waals surface area contributed by atoms with Gasteiger partial charge >= 0.3 is 0 Å². The fraction of sp³-hybridized carbons (Fsp3) is 0.471. The highest BCUT2D eigenvalue weighted by Gasteiger charge is 2.24. The Balaban J connectivity index is 1.38. The Hall–Kier alpha value is -1.93. The van der Waals surface area contributed by atoms with Crippen LogP contribution in [0.4, 0.5) is 17.6 Å². The van der Waals surface area contributed by atoms with Gasteiger partial charge in [0, 0.05) is 49.1 Å². The van der Waals surface area contributed by atoms with E-state index in [-0.39, 0.29) is 0 Å². The maximum Gasteiger partial charge on any atom is 0.224 e. The molecule has 2 saturated heterocycles. The molecular weight excluding hydrogens is 384 g/mol. The van der Waals surface area contributed by atoms with Crippen LogP contribution in [0.3, 0.4) is 0 Å². The first-order valence-electron chi connectivity index (χ1n) is 8.57. The van der Waals surface area contributed by atoms with Crippen molar-refractivity contribution in [2.75, 3.05) is 54.5 Å². The normalized spacial score (nSPS) is 20.8. The van der Waals surface area contributed by atoms with Crippen LogP contribution in [-0.2, 0) is 4.74 Å². The van der Waals surface area contributed by atoms with E-state index in [4.69, 9.17) is 4.74 Å². The van der Waals surface area contributed by atoms with Crippen molar-refractivity contribution in [1.82, 2.24) is 15.0 Å². The number of ether oxygens (including phenoxy) is 1. The number of hydrogen-bond acceptors (Lipinski definition) is 7. The average molecular weight is 405 g/mol. The van der Waals surface area contributed by atoms with Gasteiger partial charge < -0.3 is 19.9 Å². The predicted octanol–water partition coefficient (Wildman–Crippen LogP) is 2.16. The van der Waals surface area contributed by atoms with E-state index in [1.165, 1.54) is 0 Å². The molecule has 25 heavy (non-hydrogen) atoms. The summed E-state index contributed by atoms with van der Waals surface area (Å²) in [7, 11) is 0. The minimum Gasteiger partial charge on any atom is -0.378 e. The summed E-state index contributed by atoms with van der Waals surface area (Å²) >= 11 is 3.43. The summed E-state index contributed by atoms with van der Waals surface area (Å²) in [6, 6.07) is 6.36. The third-order valence-electron chi connectivity index (χ3n) is 4.53. The predicted molar refractivity (Wildman–Crippen MR) is 101 cm³/mol. The van der Waals surface area contributed by atoms with Crippen LogP contribution in [0, 0.1) is 0 Å². The van der Waals surface area contributed by atoms with Gasteiger partial charge in [0.05, 0.1) is 13.2 Å². The Morgan fingerprint density at radius 2 is 1.92 bits per heavy atom. The number of rotatable bonds is 4. The molecule has 0 bridgehead atoms. The molecular formula is C17H21BrN6O. The zero-order valence-electron chi connectivity index (χ0n) is 13.9. The van der Waals surface area contributed by atoms with E-state index >= 15 is 0 Å². The first-order chi connectivity index (χ1) is 12.3. The average Bonchev–Trinajstić information content (AvgIpc) is 3.12. The van der Waals surface area contributed by atoms with Crippen LogP contribution in [-0.4, -0.2) is 60.4 Å². The molecule has 0 saturated carbocycles. The monoisotopic (exact) mass is 404 g/mol. The molecule has 132 valence electrons. The third kappa shape index (κ3) is 4.01. The van der Waals surface area contributed by atoms with E-state index in [9.17, 15) is 0 Å². The summed E-state index contributed by atoms with van der Waals surface area (Å²) in [6.07, 6.45) is 4.71. The molecule has 0 amide bonds. The van der Waals surface area contributed by atoms with Crippen molar-refractivity contribution in [1.29, 1.82) is 0 Å². The maximum absolute atomic E-state index is 5.41. The number of aromatic nitrogens is 3. The van der Waals surface area contributed by atoms with Gasteiger partial charge in [-0.2, -0.15) is 4.98 Å². The van der Waals surface area contributed by atoms with Gasteiger partial charge in [-0.25, -0.2) is 9.97 Å². The molecule has 1 unspecified atom stereocenters. The number of halogens is 1. The van der Waals surface area contributed by atoms with E-state index < -0.39 is 0 Å². The van der Waals surface area contributed by atoms with Crippen molar-refractivity contribution in [3.8, 4) is 0 Å². The van der Waals surface area contributed by atoms with Crippen LogP contribution < -0.4 is 15.1 Å². The maximum atomic E-state index is 5.41. The molecule has 1 atom stereocenters. The number of morpholine rings is 1. The van der Waals surface area contributed by atoms with E-state index in [1.807, 2.05) is 30.6 Å². The minimum atomic E-state index is 0.324. The molecule has 0 spiro atoms. The lowest BCUT2D eigenvalue weighted by atomic mass is 10.3. The molecule has 0 aromatic carbocycles. The van der Waals surface area contributed by atoms with Crippen LogP contribution in [0.25, 0.3) is 0 Å². The van der Waals surface area contributed by atoms with E-state index in [0.717, 1.165) is 61.9 Å². The Morgan fingerprint density at radius 1 is 1.04 bits per heavy atom. The van der Waals surface area contributed by atoms with Crippen molar-refractivity contribution in [2.45, 2.75) is 12.5 Å². The third-order valence-corrected chi connectivity index (χ3v) is 5.00. The lowest BCUT2D eigenvalue weighted by Gasteiger charge is -2.28. The summed E-state index contributed by atoms with van der Waals surface area (Å²) in [5, 5.41) is 3.47. The van der Waals surface area contributed by atoms with Crippen LogP contribution in [0.15, 0.2) is 35.1 Å². The van der Waals surface area contributed by atoms with E-state index in [0.29, 0.717) is 12.0 Å². The molecule has 0 aliphatic carbocycles. The van der Waals surface area contributed by atoms with Crippen molar-refractivity contribution in [3.63, 3.8) is 0 Å². The van der Waals surface area contributed by atoms with Gasteiger partial charge in [0.25, 0.3) is 0 Å². The first-order valence-corrected chi connectivity index (χ1v) is 9.36. The quantitative estimate of drug-likeness (QED) is 0.836. The molecule has 8 heteroatoms. The standard InChI is InChI=1S/C17H21BrN6O/c18-13-1-2-15(20-11-13)24-6-4-14(12-24)21-17-19-5-3-16(22-17)23-7-9-25-10-8-23/h1-3,5,11,14H,4,6-10,12H2,(H,19,21,22). The number of pyridine rings is 1. The lowest BCUT2D eigenvalue weighted by Crippen LogP contribution is -2.37. The van der Waals surface area contributed by atoms with Gasteiger partial charge in [-0.15, -0.1) is 0 Å². The summed E-state index contributed by atoms with van der Waals surface area (Å²) in [6.45, 7) is 5.15. The molecule has 2 aromatic heterocycles. The molecule has 0 radical (unpaired) electrons. The van der Waals surface area contributed by atoms with Crippen LogP contribution >= 0.6 is 15.9 Å². The minimum absolute atomic E-state index is 0.324. The van der Waals surface area contributed by atoms with E-state index in [1.54, 1.807) is 0 Å². The second-order valence-corrected chi connectivity index (χ2v) is 7.16. The highest BCUT2D eigenvalue weighted by atomic mass is 79.9. The van der Waals surface area contributed by atoms with Crippen molar-refractivity contribution >= 4 is 33.5 Å². The molecule has 2 aliphatic rings. The summed E-state index contributed by atoms with van der Waals surface area (Å²) in [5.74, 6) is 2.67. The van der Waals surface area contributed by atoms with Gasteiger partial charge in [-0.05, 0) is 40.5 Å². The first kappa shape index (κ1) is 16.5. The van der Waals surface area contributed by atoms with Crippen molar-refractivity contribution < 1.29 is 4.74 Å². The number of nitrogens with one attached hydrogen (secondary N) is 1. The van der Waals surface area contributed by atoms with Crippen LogP contribution in [0.5, 0.6) is 0 Å². The molecule has 4 heterocycles. The smallest absolute Gasteiger partial charge is 0.224 e. The van der Waals surface area contributed by atoms with Gasteiger partial charge in [0.2, 0.25) is 5.95 Å². The molecule has 2 fully saturated rings. The van der Waals surface area contributed by atoms with Gasteiger partial charge in [0.1, 0.15) is 11.6 Å².